The molecule has 0 aliphatic heterocycles. The number of rotatable bonds is 4. The van der Waals surface area contributed by atoms with Gasteiger partial charge in [-0.3, -0.25) is 0 Å². The molecule has 0 bridgehead atoms. The third-order valence-corrected chi connectivity index (χ3v) is 13.0. The van der Waals surface area contributed by atoms with Crippen LogP contribution in [0.5, 0.6) is 0 Å². The minimum Gasteiger partial charge on any atom is -0.393 e. The van der Waals surface area contributed by atoms with E-state index in [1.165, 1.54) is 51.4 Å². The summed E-state index contributed by atoms with van der Waals surface area (Å²) in [5.74, 6) is 2.21. The molecule has 10 atom stereocenters. The van der Waals surface area contributed by atoms with Crippen LogP contribution in [0, 0.1) is 50.7 Å². The number of aliphatic hydroxyl groups excluding tert-OH is 2. The fraction of sp³-hybridized carbons (Fsp3) is 0.933. The molecule has 3 N–H and O–H groups in total. The molecule has 3 nitrogen and oxygen atoms in total. The monoisotopic (exact) mass is 458 g/mol. The first-order valence-electron chi connectivity index (χ1n) is 13.9. The van der Waals surface area contributed by atoms with Crippen LogP contribution in [0.25, 0.3) is 0 Å². The van der Waals surface area contributed by atoms with Crippen LogP contribution in [0.4, 0.5) is 0 Å². The fourth-order valence-electron chi connectivity index (χ4n) is 11.0. The van der Waals surface area contributed by atoms with Crippen LogP contribution in [0.1, 0.15) is 106 Å². The van der Waals surface area contributed by atoms with Gasteiger partial charge in [0.05, 0.1) is 17.8 Å². The zero-order chi connectivity index (χ0) is 24.2. The summed E-state index contributed by atoms with van der Waals surface area (Å²) in [6, 6.07) is 0. The second kappa shape index (κ2) is 7.10. The van der Waals surface area contributed by atoms with Gasteiger partial charge >= 0.3 is 0 Å². The van der Waals surface area contributed by atoms with Gasteiger partial charge < -0.3 is 15.3 Å². The Bertz CT molecular complexity index is 825. The van der Waals surface area contributed by atoms with Crippen LogP contribution in [0.15, 0.2) is 12.2 Å². The average molecular weight is 459 g/mol. The molecule has 0 saturated heterocycles. The van der Waals surface area contributed by atoms with Crippen molar-refractivity contribution in [2.24, 2.45) is 50.7 Å². The first-order valence-corrected chi connectivity index (χ1v) is 13.9. The van der Waals surface area contributed by atoms with Crippen molar-refractivity contribution in [3.63, 3.8) is 0 Å². The predicted molar refractivity (Wildman–Crippen MR) is 133 cm³/mol. The summed E-state index contributed by atoms with van der Waals surface area (Å²) < 4.78 is 0. The summed E-state index contributed by atoms with van der Waals surface area (Å²) in [7, 11) is 0. The summed E-state index contributed by atoms with van der Waals surface area (Å²) >= 11 is 0. The van der Waals surface area contributed by atoms with Crippen molar-refractivity contribution in [1.82, 2.24) is 0 Å². The summed E-state index contributed by atoms with van der Waals surface area (Å²) in [6.45, 7) is 15.7. The highest BCUT2D eigenvalue weighted by Crippen LogP contribution is 2.89. The molecule has 3 heteroatoms. The van der Waals surface area contributed by atoms with Gasteiger partial charge in [0.25, 0.3) is 0 Å². The molecule has 5 rings (SSSR count). The lowest BCUT2D eigenvalue weighted by Crippen LogP contribution is -2.57. The van der Waals surface area contributed by atoms with E-state index in [2.05, 4.69) is 34.6 Å². The first kappa shape index (κ1) is 24.3. The van der Waals surface area contributed by atoms with Gasteiger partial charge in [-0.2, -0.15) is 0 Å². The van der Waals surface area contributed by atoms with E-state index in [0.717, 1.165) is 12.3 Å². The lowest BCUT2D eigenvalue weighted by Gasteiger charge is -2.63. The van der Waals surface area contributed by atoms with Crippen molar-refractivity contribution in [2.45, 2.75) is 124 Å². The van der Waals surface area contributed by atoms with Gasteiger partial charge in [-0.05, 0) is 122 Å². The lowest BCUT2D eigenvalue weighted by atomic mass is 9.41. The van der Waals surface area contributed by atoms with Crippen molar-refractivity contribution in [2.75, 3.05) is 0 Å². The van der Waals surface area contributed by atoms with Crippen LogP contribution in [-0.4, -0.2) is 33.1 Å². The van der Waals surface area contributed by atoms with Crippen LogP contribution < -0.4 is 0 Å². The molecular formula is C30H50O3. The minimum absolute atomic E-state index is 0.0536. The standard InChI is InChI=1S/C30H50O3/c1-19(21(31)11-13-25(2,3)33)20-10-14-28(7)23-9-8-22-26(4,5)24(32)12-15-29(22)18-30(23,29)17-16-27(20,28)6/h11,13,19-24,31-33H,8-10,12,14-18H2,1-7H3. The summed E-state index contributed by atoms with van der Waals surface area (Å²) in [5.41, 5.74) is 0.788. The normalized spacial score (nSPS) is 52.4. The van der Waals surface area contributed by atoms with E-state index in [1.54, 1.807) is 19.9 Å². The number of hydrogen-bond donors (Lipinski definition) is 3. The maximum absolute atomic E-state index is 11.0. The van der Waals surface area contributed by atoms with Crippen molar-refractivity contribution < 1.29 is 15.3 Å². The number of aliphatic hydroxyl groups is 3. The maximum atomic E-state index is 11.0. The zero-order valence-electron chi connectivity index (χ0n) is 22.3. The molecule has 5 aliphatic rings. The van der Waals surface area contributed by atoms with Gasteiger partial charge in [-0.1, -0.05) is 46.8 Å². The average Bonchev–Trinajstić information content (AvgIpc) is 3.31. The summed E-state index contributed by atoms with van der Waals surface area (Å²) in [4.78, 5) is 0. The lowest BCUT2D eigenvalue weighted by molar-refractivity contribution is -0.163. The Morgan fingerprint density at radius 3 is 2.15 bits per heavy atom. The van der Waals surface area contributed by atoms with Crippen molar-refractivity contribution >= 4 is 0 Å². The molecule has 2 spiro atoms. The third-order valence-electron chi connectivity index (χ3n) is 13.0. The largest absolute Gasteiger partial charge is 0.393 e. The Hall–Kier alpha value is -0.380. The Labute approximate surface area is 202 Å². The first-order chi connectivity index (χ1) is 15.1. The topological polar surface area (TPSA) is 60.7 Å². The Kier molecular flexibility index (Phi) is 5.23. The van der Waals surface area contributed by atoms with Gasteiger partial charge in [0.2, 0.25) is 0 Å². The molecule has 0 aromatic rings. The fourth-order valence-corrected chi connectivity index (χ4v) is 11.0. The molecule has 188 valence electrons. The smallest absolute Gasteiger partial charge is 0.0772 e. The van der Waals surface area contributed by atoms with Crippen molar-refractivity contribution in [1.29, 1.82) is 0 Å². The molecule has 10 unspecified atom stereocenters. The van der Waals surface area contributed by atoms with Crippen LogP contribution >= 0.6 is 0 Å². The van der Waals surface area contributed by atoms with E-state index in [9.17, 15) is 15.3 Å². The highest BCUT2D eigenvalue weighted by molar-refractivity contribution is 5.30. The van der Waals surface area contributed by atoms with E-state index in [-0.39, 0.29) is 22.9 Å². The molecule has 33 heavy (non-hydrogen) atoms. The minimum atomic E-state index is -0.883. The second-order valence-electron chi connectivity index (χ2n) is 14.9. The predicted octanol–water partition coefficient (Wildman–Crippen LogP) is 6.11. The molecule has 0 heterocycles. The van der Waals surface area contributed by atoms with Crippen LogP contribution in [0.3, 0.4) is 0 Å². The Morgan fingerprint density at radius 1 is 0.848 bits per heavy atom. The van der Waals surface area contributed by atoms with Gasteiger partial charge in [0, 0.05) is 0 Å². The van der Waals surface area contributed by atoms with E-state index < -0.39 is 11.7 Å². The van der Waals surface area contributed by atoms with Gasteiger partial charge in [0.1, 0.15) is 0 Å². The highest BCUT2D eigenvalue weighted by atomic mass is 16.3. The summed E-state index contributed by atoms with van der Waals surface area (Å²) in [6.07, 6.45) is 14.4. The maximum Gasteiger partial charge on any atom is 0.0772 e. The van der Waals surface area contributed by atoms with E-state index in [4.69, 9.17) is 0 Å². The second-order valence-corrected chi connectivity index (χ2v) is 14.9. The third kappa shape index (κ3) is 3.03. The molecule has 0 aromatic carbocycles. The molecule has 0 amide bonds. The van der Waals surface area contributed by atoms with Gasteiger partial charge in [-0.25, -0.2) is 0 Å². The van der Waals surface area contributed by atoms with E-state index in [1.807, 2.05) is 6.08 Å². The molecule has 5 aliphatic carbocycles. The zero-order valence-corrected chi connectivity index (χ0v) is 22.3. The Morgan fingerprint density at radius 2 is 1.48 bits per heavy atom. The SMILES string of the molecule is CC(C(O)C=CC(C)(C)O)C1CCC2(C)C3CCC4C(C)(C)C(O)CCC45CC35CCC12C. The molecule has 5 saturated carbocycles. The Balaban J connectivity index is 1.42. The molecule has 5 fully saturated rings. The van der Waals surface area contributed by atoms with E-state index in [0.29, 0.717) is 28.1 Å². The quantitative estimate of drug-likeness (QED) is 0.445. The van der Waals surface area contributed by atoms with Gasteiger partial charge in [-0.15, -0.1) is 0 Å². The number of hydrogen-bond acceptors (Lipinski definition) is 3. The van der Waals surface area contributed by atoms with Crippen LogP contribution in [-0.2, 0) is 0 Å². The highest BCUT2D eigenvalue weighted by Gasteiger charge is 2.82. The summed E-state index contributed by atoms with van der Waals surface area (Å²) in [5, 5.41) is 32.0. The molecule has 0 aromatic heterocycles. The van der Waals surface area contributed by atoms with Crippen molar-refractivity contribution in [3.05, 3.63) is 12.2 Å². The molecule has 0 radical (unpaired) electrons. The number of fused-ring (bicyclic) bond motifs is 2. The van der Waals surface area contributed by atoms with E-state index >= 15 is 0 Å². The molecular weight excluding hydrogens is 408 g/mol. The van der Waals surface area contributed by atoms with Crippen LogP contribution in [0.2, 0.25) is 0 Å². The van der Waals surface area contributed by atoms with Crippen molar-refractivity contribution in [3.8, 4) is 0 Å². The van der Waals surface area contributed by atoms with Gasteiger partial charge in [0.15, 0.2) is 0 Å².